The zero-order chi connectivity index (χ0) is 25.4. The number of hydrogen-bond donors (Lipinski definition) is 2. The van der Waals surface area contributed by atoms with Crippen LogP contribution >= 0.6 is 0 Å². The first-order valence-electron chi connectivity index (χ1n) is 11.7. The predicted molar refractivity (Wildman–Crippen MR) is 133 cm³/mol. The summed E-state index contributed by atoms with van der Waals surface area (Å²) in [6, 6.07) is 7.04. The number of piperidine rings is 1. The number of amides is 1. The van der Waals surface area contributed by atoms with Gasteiger partial charge in [-0.3, -0.25) is 38.8 Å². The fraction of sp³-hybridized carbons (Fsp3) is 0.320. The molecule has 1 aliphatic rings. The van der Waals surface area contributed by atoms with Crippen LogP contribution in [-0.2, 0) is 16.0 Å². The molecule has 0 aliphatic carbocycles. The van der Waals surface area contributed by atoms with Crippen LogP contribution in [0.1, 0.15) is 31.5 Å². The number of nitrogens with one attached hydrogen (secondary N) is 1. The van der Waals surface area contributed by atoms with Gasteiger partial charge in [0.15, 0.2) is 0 Å². The number of hydrogen-bond acceptors (Lipinski definition) is 8. The maximum absolute atomic E-state index is 13.1. The second kappa shape index (κ2) is 9.42. The first kappa shape index (κ1) is 23.5. The maximum atomic E-state index is 13.1. The number of rotatable bonds is 6. The molecule has 5 heterocycles. The number of carbonyl (C=O) groups is 2. The summed E-state index contributed by atoms with van der Waals surface area (Å²) in [5.41, 5.74) is 7.75. The Kier molecular flexibility index (Phi) is 6.15. The molecule has 11 heteroatoms. The standard InChI is InChI=1S/C25H25N7O4/c1-14(33)10-16-3-2-15(11-27-16)19-4-5-20-22(29-19)23-18(12-28-20)24(35)30-25(36)32(23)17-6-8-31(9-7-17)13-21(26)34/h2-5,11-12,17H,6-10,13H2,1H3,(H2,26,34)(H,30,35,36). The van der Waals surface area contributed by atoms with Crippen LogP contribution in [0.3, 0.4) is 0 Å². The van der Waals surface area contributed by atoms with Crippen molar-refractivity contribution in [2.45, 2.75) is 32.2 Å². The van der Waals surface area contributed by atoms with E-state index in [1.807, 2.05) is 11.0 Å². The molecule has 0 radical (unpaired) electrons. The molecule has 0 atom stereocenters. The van der Waals surface area contributed by atoms with Crippen LogP contribution in [0.15, 0.2) is 46.2 Å². The van der Waals surface area contributed by atoms with Crippen LogP contribution in [0.4, 0.5) is 0 Å². The normalized spacial score (nSPS) is 14.9. The van der Waals surface area contributed by atoms with Gasteiger partial charge in [0, 0.05) is 49.2 Å². The van der Waals surface area contributed by atoms with E-state index in [9.17, 15) is 19.2 Å². The Morgan fingerprint density at radius 1 is 1.08 bits per heavy atom. The Bertz CT molecular complexity index is 1600. The third-order valence-electron chi connectivity index (χ3n) is 6.46. The van der Waals surface area contributed by atoms with Crippen molar-refractivity contribution in [3.05, 3.63) is 63.2 Å². The number of ketones is 1. The minimum Gasteiger partial charge on any atom is -0.369 e. The van der Waals surface area contributed by atoms with E-state index in [-0.39, 0.29) is 30.2 Å². The van der Waals surface area contributed by atoms with Crippen LogP contribution in [0.25, 0.3) is 33.2 Å². The van der Waals surface area contributed by atoms with E-state index >= 15 is 0 Å². The highest BCUT2D eigenvalue weighted by Crippen LogP contribution is 2.28. The summed E-state index contributed by atoms with van der Waals surface area (Å²) in [6.45, 7) is 2.88. The molecule has 3 N–H and O–H groups in total. The van der Waals surface area contributed by atoms with Crippen LogP contribution in [0, 0.1) is 0 Å². The van der Waals surface area contributed by atoms with E-state index in [1.165, 1.54) is 13.1 Å². The lowest BCUT2D eigenvalue weighted by molar-refractivity contribution is -0.119. The molecule has 0 aromatic carbocycles. The van der Waals surface area contributed by atoms with Gasteiger partial charge in [-0.1, -0.05) is 0 Å². The van der Waals surface area contributed by atoms with Crippen LogP contribution in [0.5, 0.6) is 0 Å². The molecule has 1 fully saturated rings. The lowest BCUT2D eigenvalue weighted by Crippen LogP contribution is -2.42. The second-order valence-electron chi connectivity index (χ2n) is 9.10. The number of pyridine rings is 3. The molecule has 1 amide bonds. The molecule has 1 saturated heterocycles. The topological polar surface area (TPSA) is 157 Å². The van der Waals surface area contributed by atoms with Crippen molar-refractivity contribution in [1.82, 2.24) is 29.4 Å². The van der Waals surface area contributed by atoms with E-state index in [0.717, 1.165) is 5.56 Å². The fourth-order valence-corrected chi connectivity index (χ4v) is 4.79. The SMILES string of the molecule is CC(=O)Cc1ccc(-c2ccc3ncc4c(=O)[nH]c(=O)n(C5CCN(CC(N)=O)CC5)c4c3n2)cn1. The number of Topliss-reactive ketones (excluding diaryl/α,β-unsaturated/α-hetero) is 1. The minimum atomic E-state index is -0.519. The molecule has 5 rings (SSSR count). The Balaban J connectivity index is 1.62. The molecular formula is C25H25N7O4. The number of carbonyl (C=O) groups excluding carboxylic acids is 2. The molecule has 0 unspecified atom stereocenters. The van der Waals surface area contributed by atoms with E-state index in [1.54, 1.807) is 29.0 Å². The number of H-pyrrole nitrogens is 1. The summed E-state index contributed by atoms with van der Waals surface area (Å²) in [7, 11) is 0. The average Bonchev–Trinajstić information content (AvgIpc) is 2.84. The summed E-state index contributed by atoms with van der Waals surface area (Å²) in [5, 5.41) is 0.279. The van der Waals surface area contributed by atoms with Gasteiger partial charge >= 0.3 is 5.69 Å². The Morgan fingerprint density at radius 2 is 1.86 bits per heavy atom. The third-order valence-corrected chi connectivity index (χ3v) is 6.46. The van der Waals surface area contributed by atoms with E-state index in [4.69, 9.17) is 10.7 Å². The van der Waals surface area contributed by atoms with Gasteiger partial charge in [0.2, 0.25) is 5.91 Å². The highest BCUT2D eigenvalue weighted by Gasteiger charge is 2.25. The van der Waals surface area contributed by atoms with Crippen molar-refractivity contribution < 1.29 is 9.59 Å². The molecular weight excluding hydrogens is 462 g/mol. The summed E-state index contributed by atoms with van der Waals surface area (Å²) < 4.78 is 1.60. The molecule has 1 aliphatic heterocycles. The van der Waals surface area contributed by atoms with Gasteiger partial charge in [0.1, 0.15) is 11.3 Å². The monoisotopic (exact) mass is 487 g/mol. The number of aromatic amines is 1. The molecule has 0 saturated carbocycles. The van der Waals surface area contributed by atoms with E-state index < -0.39 is 17.2 Å². The van der Waals surface area contributed by atoms with Crippen molar-refractivity contribution in [3.8, 4) is 11.3 Å². The van der Waals surface area contributed by atoms with Crippen molar-refractivity contribution in [2.24, 2.45) is 5.73 Å². The van der Waals surface area contributed by atoms with Crippen molar-refractivity contribution in [3.63, 3.8) is 0 Å². The summed E-state index contributed by atoms with van der Waals surface area (Å²) in [5.74, 6) is -0.363. The largest absolute Gasteiger partial charge is 0.369 e. The molecule has 184 valence electrons. The summed E-state index contributed by atoms with van der Waals surface area (Å²) in [6.07, 6.45) is 4.60. The zero-order valence-corrected chi connectivity index (χ0v) is 19.7. The van der Waals surface area contributed by atoms with Crippen molar-refractivity contribution in [1.29, 1.82) is 0 Å². The van der Waals surface area contributed by atoms with Crippen LogP contribution < -0.4 is 17.0 Å². The second-order valence-corrected chi connectivity index (χ2v) is 9.10. The van der Waals surface area contributed by atoms with Crippen LogP contribution in [0.2, 0.25) is 0 Å². The molecule has 11 nitrogen and oxygen atoms in total. The van der Waals surface area contributed by atoms with Crippen molar-refractivity contribution >= 4 is 33.6 Å². The smallest absolute Gasteiger partial charge is 0.329 e. The highest BCUT2D eigenvalue weighted by molar-refractivity contribution is 6.01. The van der Waals surface area contributed by atoms with E-state index in [2.05, 4.69) is 15.0 Å². The molecule has 36 heavy (non-hydrogen) atoms. The Morgan fingerprint density at radius 3 is 2.53 bits per heavy atom. The van der Waals surface area contributed by atoms with Crippen LogP contribution in [-0.4, -0.2) is 60.7 Å². The minimum absolute atomic E-state index is 0.0280. The highest BCUT2D eigenvalue weighted by atomic mass is 16.2. The number of aromatic nitrogens is 5. The molecule has 0 bridgehead atoms. The Labute approximate surface area is 205 Å². The van der Waals surface area contributed by atoms with Crippen molar-refractivity contribution in [2.75, 3.05) is 19.6 Å². The van der Waals surface area contributed by atoms with Gasteiger partial charge in [-0.15, -0.1) is 0 Å². The quantitative estimate of drug-likeness (QED) is 0.381. The third kappa shape index (κ3) is 4.52. The van der Waals surface area contributed by atoms with Gasteiger partial charge < -0.3 is 5.73 Å². The maximum Gasteiger partial charge on any atom is 0.329 e. The number of nitrogens with two attached hydrogens (primary N) is 1. The first-order valence-corrected chi connectivity index (χ1v) is 11.7. The lowest BCUT2D eigenvalue weighted by atomic mass is 10.0. The molecule has 0 spiro atoms. The summed E-state index contributed by atoms with van der Waals surface area (Å²) in [4.78, 5) is 66.4. The number of nitrogens with zero attached hydrogens (tertiary/aromatic N) is 5. The van der Waals surface area contributed by atoms with Gasteiger partial charge in [-0.2, -0.15) is 0 Å². The predicted octanol–water partition coefficient (Wildman–Crippen LogP) is 0.949. The van der Waals surface area contributed by atoms with Gasteiger partial charge in [0.25, 0.3) is 5.56 Å². The van der Waals surface area contributed by atoms with Gasteiger partial charge in [-0.05, 0) is 44.0 Å². The van der Waals surface area contributed by atoms with Gasteiger partial charge in [-0.25, -0.2) is 9.78 Å². The number of primary amides is 1. The lowest BCUT2D eigenvalue weighted by Gasteiger charge is -2.32. The first-order chi connectivity index (χ1) is 17.3. The molecule has 4 aromatic rings. The fourth-order valence-electron chi connectivity index (χ4n) is 4.79. The van der Waals surface area contributed by atoms with E-state index in [0.29, 0.717) is 53.9 Å². The zero-order valence-electron chi connectivity index (χ0n) is 19.7. The molecule has 4 aromatic heterocycles. The number of likely N-dealkylation sites (tertiary alicyclic amines) is 1. The average molecular weight is 488 g/mol. The summed E-state index contributed by atoms with van der Waals surface area (Å²) >= 11 is 0. The Hall–Kier alpha value is -4.25. The van der Waals surface area contributed by atoms with Gasteiger partial charge in [0.05, 0.1) is 28.7 Å². The number of fused-ring (bicyclic) bond motifs is 3.